The van der Waals surface area contributed by atoms with Gasteiger partial charge in [-0.15, -0.1) is 11.8 Å². The lowest BCUT2D eigenvalue weighted by atomic mass is 9.94. The molecule has 0 aliphatic carbocycles. The lowest BCUT2D eigenvalue weighted by Crippen LogP contribution is -2.47. The molecule has 0 radical (unpaired) electrons. The number of nitrogens with zero attached hydrogens (tertiary/aromatic N) is 2. The van der Waals surface area contributed by atoms with Crippen LogP contribution >= 0.6 is 11.8 Å². The number of anilines is 1. The standard InChI is InChI=1S/C23H20N2OS/c1-17-16-23(19-12-6-3-7-13-19)25(20-14-8-9-15-21(20)27-17)22(24-26-23)18-10-4-2-5-11-18/h2-15,17H,16H2,1H3/t17-,23+/m1/s1. The number of amidine groups is 1. The first-order chi connectivity index (χ1) is 13.3. The summed E-state index contributed by atoms with van der Waals surface area (Å²) in [6.07, 6.45) is 0.843. The average Bonchev–Trinajstić information content (AvgIpc) is 3.03. The van der Waals surface area contributed by atoms with E-state index >= 15 is 0 Å². The van der Waals surface area contributed by atoms with Crippen LogP contribution in [-0.4, -0.2) is 11.1 Å². The normalized spacial score (nSPS) is 23.7. The molecule has 2 aliphatic heterocycles. The van der Waals surface area contributed by atoms with Gasteiger partial charge in [-0.2, -0.15) is 0 Å². The number of hydrogen-bond donors (Lipinski definition) is 0. The first-order valence-electron chi connectivity index (χ1n) is 9.21. The summed E-state index contributed by atoms with van der Waals surface area (Å²) in [5.41, 5.74) is 2.70. The number of hydrogen-bond acceptors (Lipinski definition) is 4. The maximum Gasteiger partial charge on any atom is 0.242 e. The fourth-order valence-electron chi connectivity index (χ4n) is 3.97. The summed E-state index contributed by atoms with van der Waals surface area (Å²) >= 11 is 1.90. The Kier molecular flexibility index (Phi) is 3.94. The van der Waals surface area contributed by atoms with Gasteiger partial charge in [0.2, 0.25) is 5.72 Å². The monoisotopic (exact) mass is 372 g/mol. The molecule has 3 aromatic rings. The van der Waals surface area contributed by atoms with Gasteiger partial charge < -0.3 is 4.84 Å². The molecule has 0 saturated carbocycles. The van der Waals surface area contributed by atoms with E-state index in [-0.39, 0.29) is 0 Å². The summed E-state index contributed by atoms with van der Waals surface area (Å²) in [5, 5.41) is 5.00. The highest BCUT2D eigenvalue weighted by Gasteiger charge is 2.51. The van der Waals surface area contributed by atoms with Crippen molar-refractivity contribution in [3.8, 4) is 0 Å². The van der Waals surface area contributed by atoms with Crippen LogP contribution in [-0.2, 0) is 10.6 Å². The van der Waals surface area contributed by atoms with Crippen molar-refractivity contribution < 1.29 is 4.84 Å². The Balaban J connectivity index is 1.75. The summed E-state index contributed by atoms with van der Waals surface area (Å²) in [5.74, 6) is 0.863. The minimum atomic E-state index is -0.633. The molecule has 0 fully saturated rings. The minimum Gasteiger partial charge on any atom is -0.360 e. The number of para-hydroxylation sites is 1. The van der Waals surface area contributed by atoms with Crippen molar-refractivity contribution in [2.24, 2.45) is 5.16 Å². The van der Waals surface area contributed by atoms with E-state index in [1.807, 2.05) is 36.0 Å². The Morgan fingerprint density at radius 2 is 1.59 bits per heavy atom. The van der Waals surface area contributed by atoms with Gasteiger partial charge in [0.15, 0.2) is 5.84 Å². The number of benzene rings is 3. The van der Waals surface area contributed by atoms with Crippen LogP contribution in [0.15, 0.2) is 95.0 Å². The highest BCUT2D eigenvalue weighted by atomic mass is 32.2. The van der Waals surface area contributed by atoms with Crippen molar-refractivity contribution in [3.05, 3.63) is 96.1 Å². The largest absolute Gasteiger partial charge is 0.360 e. The zero-order valence-electron chi connectivity index (χ0n) is 15.1. The third kappa shape index (κ3) is 2.63. The van der Waals surface area contributed by atoms with Crippen molar-refractivity contribution in [2.45, 2.75) is 29.2 Å². The molecule has 3 nitrogen and oxygen atoms in total. The van der Waals surface area contributed by atoms with E-state index in [9.17, 15) is 0 Å². The molecule has 0 unspecified atom stereocenters. The first kappa shape index (κ1) is 16.5. The molecule has 5 rings (SSSR count). The van der Waals surface area contributed by atoms with Crippen molar-refractivity contribution in [2.75, 3.05) is 4.90 Å². The van der Waals surface area contributed by atoms with Crippen LogP contribution in [0.5, 0.6) is 0 Å². The molecule has 0 N–H and O–H groups in total. The van der Waals surface area contributed by atoms with E-state index < -0.39 is 5.72 Å². The molecule has 3 aromatic carbocycles. The predicted octanol–water partition coefficient (Wildman–Crippen LogP) is 5.62. The smallest absolute Gasteiger partial charge is 0.242 e. The van der Waals surface area contributed by atoms with Gasteiger partial charge in [-0.1, -0.05) is 84.9 Å². The molecule has 2 atom stereocenters. The molecular weight excluding hydrogens is 352 g/mol. The maximum absolute atomic E-state index is 6.31. The summed E-state index contributed by atoms with van der Waals surface area (Å²) < 4.78 is 0. The number of thioether (sulfide) groups is 1. The lowest BCUT2D eigenvalue weighted by Gasteiger charge is -2.37. The molecular formula is C23H20N2OS. The Labute approximate surface area is 163 Å². The Hall–Kier alpha value is -2.72. The maximum atomic E-state index is 6.31. The molecule has 27 heavy (non-hydrogen) atoms. The van der Waals surface area contributed by atoms with E-state index in [4.69, 9.17) is 4.84 Å². The topological polar surface area (TPSA) is 24.8 Å². The van der Waals surface area contributed by atoms with Crippen LogP contribution in [0.4, 0.5) is 5.69 Å². The van der Waals surface area contributed by atoms with Crippen LogP contribution in [0, 0.1) is 0 Å². The highest BCUT2D eigenvalue weighted by Crippen LogP contribution is 2.51. The van der Waals surface area contributed by atoms with Crippen molar-refractivity contribution in [1.82, 2.24) is 0 Å². The van der Waals surface area contributed by atoms with Crippen molar-refractivity contribution >= 4 is 23.3 Å². The third-order valence-corrected chi connectivity index (χ3v) is 6.28. The molecule has 0 aromatic heterocycles. The van der Waals surface area contributed by atoms with Gasteiger partial charge in [-0.05, 0) is 12.1 Å². The van der Waals surface area contributed by atoms with Crippen LogP contribution < -0.4 is 4.90 Å². The molecule has 0 saturated heterocycles. The van der Waals surface area contributed by atoms with Crippen LogP contribution in [0.1, 0.15) is 24.5 Å². The van der Waals surface area contributed by atoms with E-state index in [0.717, 1.165) is 29.1 Å². The molecule has 0 amide bonds. The second-order valence-corrected chi connectivity index (χ2v) is 8.44. The van der Waals surface area contributed by atoms with Crippen LogP contribution in [0.2, 0.25) is 0 Å². The Morgan fingerprint density at radius 1 is 0.926 bits per heavy atom. The zero-order chi connectivity index (χ0) is 18.3. The van der Waals surface area contributed by atoms with Crippen molar-refractivity contribution in [3.63, 3.8) is 0 Å². The van der Waals surface area contributed by atoms with Crippen LogP contribution in [0.3, 0.4) is 0 Å². The lowest BCUT2D eigenvalue weighted by molar-refractivity contribution is -0.0274. The van der Waals surface area contributed by atoms with Gasteiger partial charge >= 0.3 is 0 Å². The zero-order valence-corrected chi connectivity index (χ0v) is 15.9. The van der Waals surface area contributed by atoms with Gasteiger partial charge in [0.25, 0.3) is 0 Å². The van der Waals surface area contributed by atoms with E-state index in [0.29, 0.717) is 5.25 Å². The van der Waals surface area contributed by atoms with E-state index in [2.05, 4.69) is 77.6 Å². The number of oxime groups is 1. The molecule has 0 spiro atoms. The predicted molar refractivity (Wildman–Crippen MR) is 111 cm³/mol. The third-order valence-electron chi connectivity index (χ3n) is 5.11. The fraction of sp³-hybridized carbons (Fsp3) is 0.174. The number of rotatable bonds is 2. The highest BCUT2D eigenvalue weighted by molar-refractivity contribution is 8.00. The second-order valence-electron chi connectivity index (χ2n) is 6.96. The summed E-state index contributed by atoms with van der Waals surface area (Å²) in [6, 6.07) is 29.3. The molecule has 2 aliphatic rings. The van der Waals surface area contributed by atoms with Crippen LogP contribution in [0.25, 0.3) is 0 Å². The van der Waals surface area contributed by atoms with Gasteiger partial charge in [0, 0.05) is 27.7 Å². The van der Waals surface area contributed by atoms with Gasteiger partial charge in [0.05, 0.1) is 5.69 Å². The molecule has 134 valence electrons. The average molecular weight is 372 g/mol. The van der Waals surface area contributed by atoms with Crippen molar-refractivity contribution in [1.29, 1.82) is 0 Å². The summed E-state index contributed by atoms with van der Waals surface area (Å²) in [6.45, 7) is 2.26. The summed E-state index contributed by atoms with van der Waals surface area (Å²) in [7, 11) is 0. The second kappa shape index (κ2) is 6.46. The molecule has 0 bridgehead atoms. The quantitative estimate of drug-likeness (QED) is 0.583. The van der Waals surface area contributed by atoms with Gasteiger partial charge in [-0.3, -0.25) is 4.90 Å². The fourth-order valence-corrected chi connectivity index (χ4v) is 5.15. The van der Waals surface area contributed by atoms with Gasteiger partial charge in [0.1, 0.15) is 0 Å². The van der Waals surface area contributed by atoms with E-state index in [1.54, 1.807) is 0 Å². The Morgan fingerprint density at radius 3 is 2.37 bits per heavy atom. The Bertz CT molecular complexity index is 990. The molecule has 4 heteroatoms. The summed E-state index contributed by atoms with van der Waals surface area (Å²) in [4.78, 5) is 9.86. The minimum absolute atomic E-state index is 0.390. The number of fused-ring (bicyclic) bond motifs is 3. The first-order valence-corrected chi connectivity index (χ1v) is 10.1. The van der Waals surface area contributed by atoms with Gasteiger partial charge in [-0.25, -0.2) is 0 Å². The SMILES string of the molecule is C[C@@H]1C[C@@]2(c3ccccc3)ON=C(c3ccccc3)N2c2ccccc2S1. The van der Waals surface area contributed by atoms with E-state index in [1.165, 1.54) is 4.90 Å². The molecule has 2 heterocycles.